The maximum atomic E-state index is 12.8. The Kier molecular flexibility index (Phi) is 4.34. The molecule has 0 unspecified atom stereocenters. The van der Waals surface area contributed by atoms with Crippen molar-refractivity contribution in [2.24, 2.45) is 0 Å². The Labute approximate surface area is 173 Å². The number of hydrogen-bond donors (Lipinski definition) is 6. The van der Waals surface area contributed by atoms with Gasteiger partial charge in [-0.25, -0.2) is 0 Å². The van der Waals surface area contributed by atoms with Gasteiger partial charge in [0.15, 0.2) is 11.5 Å². The normalized spacial score (nSPS) is 27.0. The highest BCUT2D eigenvalue weighted by Gasteiger charge is 2.52. The van der Waals surface area contributed by atoms with E-state index in [4.69, 9.17) is 13.9 Å². The van der Waals surface area contributed by atoms with E-state index in [1.165, 1.54) is 18.2 Å². The van der Waals surface area contributed by atoms with Gasteiger partial charge in [-0.3, -0.25) is 4.79 Å². The van der Waals surface area contributed by atoms with E-state index in [2.05, 4.69) is 0 Å². The minimum atomic E-state index is -1.40. The average Bonchev–Trinajstić information content (AvgIpc) is 3.08. The van der Waals surface area contributed by atoms with Crippen molar-refractivity contribution < 1.29 is 44.5 Å². The van der Waals surface area contributed by atoms with Gasteiger partial charge < -0.3 is 44.5 Å². The van der Waals surface area contributed by atoms with E-state index >= 15 is 0 Å². The van der Waals surface area contributed by atoms with Crippen LogP contribution in [0.25, 0.3) is 22.3 Å². The number of ether oxygens (including phenoxy) is 2. The molecular formula is C21H18O10. The summed E-state index contributed by atoms with van der Waals surface area (Å²) in [6.07, 6.45) is -5.98. The first-order valence-electron chi connectivity index (χ1n) is 9.44. The number of aromatic hydroxyl groups is 3. The first kappa shape index (κ1) is 19.6. The molecular weight excluding hydrogens is 412 g/mol. The molecule has 1 saturated heterocycles. The number of fused-ring (bicyclic) bond motifs is 4. The van der Waals surface area contributed by atoms with Crippen molar-refractivity contribution in [3.05, 3.63) is 46.1 Å². The Morgan fingerprint density at radius 1 is 0.935 bits per heavy atom. The van der Waals surface area contributed by atoms with E-state index in [0.29, 0.717) is 0 Å². The molecule has 162 valence electrons. The molecule has 1 aromatic heterocycles. The molecule has 2 aromatic carbocycles. The van der Waals surface area contributed by atoms with E-state index in [0.717, 1.165) is 12.1 Å². The fourth-order valence-electron chi connectivity index (χ4n) is 4.15. The molecule has 3 aromatic rings. The Hall–Kier alpha value is -3.31. The van der Waals surface area contributed by atoms with Crippen LogP contribution in [0, 0.1) is 0 Å². The molecule has 10 nitrogen and oxygen atoms in total. The van der Waals surface area contributed by atoms with Gasteiger partial charge in [0, 0.05) is 23.8 Å². The molecule has 3 heterocycles. The van der Waals surface area contributed by atoms with Gasteiger partial charge in [-0.05, 0) is 12.1 Å². The summed E-state index contributed by atoms with van der Waals surface area (Å²) in [6, 6.07) is 6.17. The zero-order chi connectivity index (χ0) is 22.0. The standard InChI is InChI=1S/C21H18O10/c22-6-14-17(26)19(28)21-20(31-14)16-13(30-21)5-12-15(18(16)27)10(25)4-11(29-12)7-1-8(23)3-9(24)2-7/h1-5,14,17,19-24,26-28H,6H2/t14-,17-,19+,20+,21+/m1/s1. The van der Waals surface area contributed by atoms with Gasteiger partial charge in [0.25, 0.3) is 0 Å². The van der Waals surface area contributed by atoms with Crippen LogP contribution in [0.15, 0.2) is 39.5 Å². The van der Waals surface area contributed by atoms with Crippen LogP contribution in [0.2, 0.25) is 0 Å². The summed E-state index contributed by atoms with van der Waals surface area (Å²) in [6.45, 7) is -0.562. The van der Waals surface area contributed by atoms with E-state index in [1.54, 1.807) is 0 Å². The highest BCUT2D eigenvalue weighted by molar-refractivity contribution is 5.88. The first-order chi connectivity index (χ1) is 14.8. The van der Waals surface area contributed by atoms with Crippen LogP contribution >= 0.6 is 0 Å². The Bertz CT molecular complexity index is 1230. The molecule has 1 fully saturated rings. The fraction of sp³-hybridized carbons (Fsp3) is 0.286. The number of hydrogen-bond acceptors (Lipinski definition) is 10. The summed E-state index contributed by atoms with van der Waals surface area (Å²) >= 11 is 0. The molecule has 0 spiro atoms. The zero-order valence-electron chi connectivity index (χ0n) is 15.8. The zero-order valence-corrected chi connectivity index (χ0v) is 15.8. The molecule has 0 aliphatic carbocycles. The quantitative estimate of drug-likeness (QED) is 0.336. The minimum absolute atomic E-state index is 0.0329. The molecule has 0 bridgehead atoms. The van der Waals surface area contributed by atoms with Gasteiger partial charge in [-0.2, -0.15) is 0 Å². The number of aliphatic hydroxyl groups excluding tert-OH is 3. The third-order valence-electron chi connectivity index (χ3n) is 5.60. The van der Waals surface area contributed by atoms with Crippen molar-refractivity contribution in [1.29, 1.82) is 0 Å². The van der Waals surface area contributed by atoms with Crippen LogP contribution in [0.5, 0.6) is 23.0 Å². The SMILES string of the molecule is O=c1cc(-c2cc(O)cc(O)c2)oc2cc3c(c(O)c12)[C@@H]1O[C@H](CO)[C@@H](O)[C@H](O)[C@@H]1O3. The van der Waals surface area contributed by atoms with Crippen LogP contribution < -0.4 is 10.2 Å². The molecule has 10 heteroatoms. The number of benzene rings is 2. The first-order valence-corrected chi connectivity index (χ1v) is 9.44. The largest absolute Gasteiger partial charge is 0.508 e. The number of phenolic OH excluding ortho intramolecular Hbond substituents is 3. The van der Waals surface area contributed by atoms with Gasteiger partial charge in [0.2, 0.25) is 0 Å². The van der Waals surface area contributed by atoms with Crippen LogP contribution in [-0.2, 0) is 4.74 Å². The van der Waals surface area contributed by atoms with Crippen LogP contribution in [0.4, 0.5) is 0 Å². The number of rotatable bonds is 2. The predicted octanol–water partition coefficient (Wildman–Crippen LogP) is 0.492. The lowest BCUT2D eigenvalue weighted by molar-refractivity contribution is -0.215. The van der Waals surface area contributed by atoms with Crippen LogP contribution in [0.3, 0.4) is 0 Å². The molecule has 5 atom stereocenters. The van der Waals surface area contributed by atoms with E-state index in [-0.39, 0.29) is 45.1 Å². The molecule has 2 aliphatic heterocycles. The molecule has 0 radical (unpaired) electrons. The van der Waals surface area contributed by atoms with E-state index < -0.39 is 48.3 Å². The van der Waals surface area contributed by atoms with Crippen LogP contribution in [-0.4, -0.2) is 61.7 Å². The third-order valence-corrected chi connectivity index (χ3v) is 5.60. The minimum Gasteiger partial charge on any atom is -0.508 e. The van der Waals surface area contributed by atoms with E-state index in [9.17, 15) is 35.4 Å². The van der Waals surface area contributed by atoms with Crippen molar-refractivity contribution >= 4 is 11.0 Å². The lowest BCUT2D eigenvalue weighted by Crippen LogP contribution is -2.55. The van der Waals surface area contributed by atoms with E-state index in [1.807, 2.05) is 0 Å². The third kappa shape index (κ3) is 2.92. The summed E-state index contributed by atoms with van der Waals surface area (Å²) in [5.41, 5.74) is -0.289. The van der Waals surface area contributed by atoms with Crippen molar-refractivity contribution in [2.45, 2.75) is 30.5 Å². The molecule has 31 heavy (non-hydrogen) atoms. The van der Waals surface area contributed by atoms with Crippen molar-refractivity contribution in [1.82, 2.24) is 0 Å². The molecule has 0 saturated carbocycles. The van der Waals surface area contributed by atoms with Crippen molar-refractivity contribution in [3.8, 4) is 34.3 Å². The highest BCUT2D eigenvalue weighted by atomic mass is 16.6. The fourth-order valence-corrected chi connectivity index (χ4v) is 4.15. The number of phenols is 3. The van der Waals surface area contributed by atoms with Gasteiger partial charge in [-0.1, -0.05) is 0 Å². The second-order valence-electron chi connectivity index (χ2n) is 7.56. The summed E-state index contributed by atoms with van der Waals surface area (Å²) in [7, 11) is 0. The van der Waals surface area contributed by atoms with Gasteiger partial charge >= 0.3 is 0 Å². The van der Waals surface area contributed by atoms with Gasteiger partial charge in [0.1, 0.15) is 64.1 Å². The van der Waals surface area contributed by atoms with Crippen molar-refractivity contribution in [3.63, 3.8) is 0 Å². The van der Waals surface area contributed by atoms with Crippen molar-refractivity contribution in [2.75, 3.05) is 6.61 Å². The lowest BCUT2D eigenvalue weighted by atomic mass is 9.92. The Morgan fingerprint density at radius 3 is 2.32 bits per heavy atom. The summed E-state index contributed by atoms with van der Waals surface area (Å²) in [4.78, 5) is 12.8. The monoisotopic (exact) mass is 430 g/mol. The molecule has 2 aliphatic rings. The second-order valence-corrected chi connectivity index (χ2v) is 7.56. The lowest BCUT2D eigenvalue weighted by Gasteiger charge is -2.38. The maximum absolute atomic E-state index is 12.8. The Morgan fingerprint density at radius 2 is 1.65 bits per heavy atom. The topological polar surface area (TPSA) is 170 Å². The highest BCUT2D eigenvalue weighted by Crippen LogP contribution is 2.50. The summed E-state index contributed by atoms with van der Waals surface area (Å²) in [5, 5.41) is 60.0. The predicted molar refractivity (Wildman–Crippen MR) is 104 cm³/mol. The second kappa shape index (κ2) is 6.86. The van der Waals surface area contributed by atoms with Gasteiger partial charge in [-0.15, -0.1) is 0 Å². The molecule has 5 rings (SSSR count). The molecule has 0 amide bonds. The summed E-state index contributed by atoms with van der Waals surface area (Å²) < 4.78 is 17.0. The number of aliphatic hydroxyl groups is 3. The van der Waals surface area contributed by atoms with Crippen LogP contribution in [0.1, 0.15) is 11.7 Å². The maximum Gasteiger partial charge on any atom is 0.197 e. The molecule has 6 N–H and O–H groups in total. The van der Waals surface area contributed by atoms with Gasteiger partial charge in [0.05, 0.1) is 12.2 Å². The average molecular weight is 430 g/mol. The summed E-state index contributed by atoms with van der Waals surface area (Å²) in [5.74, 6) is -0.802. The smallest absolute Gasteiger partial charge is 0.197 e. The Balaban J connectivity index is 1.67.